The zero-order chi connectivity index (χ0) is 27.6. The fraction of sp³-hybridized carbons (Fsp3) is 0.179. The van der Waals surface area contributed by atoms with Gasteiger partial charge in [0, 0.05) is 20.2 Å². The van der Waals surface area contributed by atoms with Gasteiger partial charge in [0.05, 0.1) is 12.8 Å². The van der Waals surface area contributed by atoms with Crippen LogP contribution in [0.1, 0.15) is 35.6 Å². The Bertz CT molecular complexity index is 1640. The van der Waals surface area contributed by atoms with E-state index in [9.17, 15) is 17.6 Å². The van der Waals surface area contributed by atoms with Gasteiger partial charge in [-0.25, -0.2) is 19.1 Å². The number of aromatic nitrogens is 2. The molecule has 4 rings (SSSR count). The molecular weight excluding hydrogens is 509 g/mol. The van der Waals surface area contributed by atoms with Gasteiger partial charge in [0.1, 0.15) is 22.9 Å². The number of nitrogens with zero attached hydrogens (tertiary/aromatic N) is 2. The summed E-state index contributed by atoms with van der Waals surface area (Å²) in [7, 11) is -2.86. The minimum absolute atomic E-state index is 0. The van der Waals surface area contributed by atoms with E-state index in [1.54, 1.807) is 19.1 Å². The van der Waals surface area contributed by atoms with Crippen LogP contribution in [0.5, 0.6) is 17.4 Å². The molecule has 2 heterocycles. The molecule has 1 amide bonds. The third kappa shape index (κ3) is 5.81. The molecule has 2 aromatic heterocycles. The number of carbonyl (C=O) groups is 1. The first-order valence-corrected chi connectivity index (χ1v) is 13.1. The van der Waals surface area contributed by atoms with E-state index in [0.29, 0.717) is 22.7 Å². The molecule has 8 nitrogen and oxygen atoms in total. The van der Waals surface area contributed by atoms with Gasteiger partial charge >= 0.3 is 0 Å². The molecule has 2 aromatic carbocycles. The molecule has 0 fully saturated rings. The predicted octanol–water partition coefficient (Wildman–Crippen LogP) is 5.93. The van der Waals surface area contributed by atoms with Crippen LogP contribution < -0.4 is 14.2 Å². The number of amides is 1. The first-order valence-electron chi connectivity index (χ1n) is 11.6. The standard InChI is InChI=1S/C28H26FN3O5S.2H2/c1-16-11-17(2)26(18(3)12-16)37-28-23(27(33)32-38(34,35)25-8-6-7-19(4)30-25)9-10-24(31-28)20-13-21(29)15-22(14-20)36-5;;/h6-15H,1-5H3,(H,32,33);2*1H. The third-order valence-electron chi connectivity index (χ3n) is 5.68. The summed E-state index contributed by atoms with van der Waals surface area (Å²) in [5.74, 6) is -0.887. The van der Waals surface area contributed by atoms with Gasteiger partial charge in [0.2, 0.25) is 5.88 Å². The molecule has 0 saturated heterocycles. The SMILES string of the molecule is COc1cc(F)cc(-c2ccc(C(=O)NS(=O)(=O)c3cccc(C)n3)c(Oc3c(C)cc(C)cc3C)n2)c1.[HH].[HH]. The fourth-order valence-corrected chi connectivity index (χ4v) is 4.98. The Balaban J connectivity index is 0.00000280. The number of pyridine rings is 2. The van der Waals surface area contributed by atoms with Crippen LogP contribution in [0.25, 0.3) is 11.3 Å². The van der Waals surface area contributed by atoms with Gasteiger partial charge in [-0.2, -0.15) is 8.42 Å². The van der Waals surface area contributed by atoms with E-state index in [1.165, 1.54) is 43.5 Å². The largest absolute Gasteiger partial charge is 0.497 e. The highest BCUT2D eigenvalue weighted by atomic mass is 32.2. The number of halogens is 1. The number of benzene rings is 2. The van der Waals surface area contributed by atoms with Crippen molar-refractivity contribution in [2.75, 3.05) is 7.11 Å². The Kier molecular flexibility index (Phi) is 7.45. The first-order chi connectivity index (χ1) is 18.0. The highest BCUT2D eigenvalue weighted by molar-refractivity contribution is 7.90. The summed E-state index contributed by atoms with van der Waals surface area (Å²) in [6.45, 7) is 7.29. The van der Waals surface area contributed by atoms with Crippen LogP contribution >= 0.6 is 0 Å². The van der Waals surface area contributed by atoms with Gasteiger partial charge in [0.15, 0.2) is 5.03 Å². The average molecular weight is 540 g/mol. The van der Waals surface area contributed by atoms with Gasteiger partial charge in [-0.15, -0.1) is 0 Å². The molecule has 38 heavy (non-hydrogen) atoms. The molecule has 0 saturated carbocycles. The second kappa shape index (κ2) is 10.6. The van der Waals surface area contributed by atoms with Crippen molar-refractivity contribution in [2.45, 2.75) is 32.7 Å². The van der Waals surface area contributed by atoms with Crippen LogP contribution in [0.4, 0.5) is 4.39 Å². The maximum atomic E-state index is 14.2. The van der Waals surface area contributed by atoms with Crippen molar-refractivity contribution in [1.29, 1.82) is 0 Å². The van der Waals surface area contributed by atoms with Crippen molar-refractivity contribution in [3.63, 3.8) is 0 Å². The number of aryl methyl sites for hydroxylation is 4. The first kappa shape index (κ1) is 26.7. The molecule has 200 valence electrons. The fourth-order valence-electron chi connectivity index (χ4n) is 4.00. The number of hydrogen-bond donors (Lipinski definition) is 1. The minimum atomic E-state index is -4.28. The third-order valence-corrected chi connectivity index (χ3v) is 6.91. The monoisotopic (exact) mass is 539 g/mol. The lowest BCUT2D eigenvalue weighted by Gasteiger charge is -2.16. The zero-order valence-corrected chi connectivity index (χ0v) is 22.3. The second-order valence-corrected chi connectivity index (χ2v) is 10.4. The quantitative estimate of drug-likeness (QED) is 0.310. The van der Waals surface area contributed by atoms with Crippen LogP contribution in [-0.4, -0.2) is 31.4 Å². The van der Waals surface area contributed by atoms with Gasteiger partial charge in [0.25, 0.3) is 15.9 Å². The van der Waals surface area contributed by atoms with E-state index >= 15 is 0 Å². The summed E-state index contributed by atoms with van der Waals surface area (Å²) >= 11 is 0. The number of methoxy groups -OCH3 is 1. The van der Waals surface area contributed by atoms with E-state index in [-0.39, 0.29) is 25.1 Å². The van der Waals surface area contributed by atoms with Crippen LogP contribution in [0.15, 0.2) is 65.7 Å². The van der Waals surface area contributed by atoms with E-state index < -0.39 is 21.7 Å². The van der Waals surface area contributed by atoms with E-state index in [2.05, 4.69) is 9.97 Å². The molecule has 10 heteroatoms. The number of ether oxygens (including phenoxy) is 2. The Labute approximate surface area is 223 Å². The molecule has 4 aromatic rings. The molecule has 1 N–H and O–H groups in total. The zero-order valence-electron chi connectivity index (χ0n) is 21.5. The Morgan fingerprint density at radius 3 is 2.32 bits per heavy atom. The summed E-state index contributed by atoms with van der Waals surface area (Å²) < 4.78 is 53.3. The van der Waals surface area contributed by atoms with Crippen LogP contribution in [-0.2, 0) is 10.0 Å². The molecule has 0 aliphatic carbocycles. The van der Waals surface area contributed by atoms with Gasteiger partial charge in [-0.1, -0.05) is 23.8 Å². The summed E-state index contributed by atoms with van der Waals surface area (Å²) in [5, 5.41) is -0.296. The van der Waals surface area contributed by atoms with E-state index in [4.69, 9.17) is 9.47 Å². The maximum absolute atomic E-state index is 14.2. The number of nitrogens with one attached hydrogen (secondary N) is 1. The van der Waals surface area contributed by atoms with Gasteiger partial charge < -0.3 is 9.47 Å². The second-order valence-electron chi connectivity index (χ2n) is 8.81. The number of hydrogen-bond acceptors (Lipinski definition) is 7. The number of carbonyl (C=O) groups excluding carboxylic acids is 1. The average Bonchev–Trinajstić information content (AvgIpc) is 2.85. The van der Waals surface area contributed by atoms with Crippen molar-refractivity contribution in [3.05, 3.63) is 94.4 Å². The van der Waals surface area contributed by atoms with E-state index in [1.807, 2.05) is 37.6 Å². The van der Waals surface area contributed by atoms with Crippen molar-refractivity contribution in [2.24, 2.45) is 0 Å². The van der Waals surface area contributed by atoms with Crippen molar-refractivity contribution < 1.29 is 29.9 Å². The summed E-state index contributed by atoms with van der Waals surface area (Å²) in [4.78, 5) is 21.7. The molecule has 0 radical (unpaired) electrons. The lowest BCUT2D eigenvalue weighted by molar-refractivity contribution is 0.0978. The molecular formula is C28H30FN3O5S. The Morgan fingerprint density at radius 1 is 0.947 bits per heavy atom. The lowest BCUT2D eigenvalue weighted by Crippen LogP contribution is -2.31. The van der Waals surface area contributed by atoms with Crippen LogP contribution in [0.2, 0.25) is 0 Å². The predicted molar refractivity (Wildman–Crippen MR) is 145 cm³/mol. The molecule has 0 aliphatic rings. The summed E-state index contributed by atoms with van der Waals surface area (Å²) in [5.41, 5.74) is 3.64. The van der Waals surface area contributed by atoms with Crippen molar-refractivity contribution in [1.82, 2.24) is 14.7 Å². The van der Waals surface area contributed by atoms with Crippen molar-refractivity contribution in [3.8, 4) is 28.6 Å². The number of sulfonamides is 1. The van der Waals surface area contributed by atoms with Crippen molar-refractivity contribution >= 4 is 15.9 Å². The van der Waals surface area contributed by atoms with Gasteiger partial charge in [-0.3, -0.25) is 4.79 Å². The molecule has 0 spiro atoms. The van der Waals surface area contributed by atoms with Gasteiger partial charge in [-0.05, 0) is 75.2 Å². The lowest BCUT2D eigenvalue weighted by atomic mass is 10.1. The number of rotatable bonds is 7. The molecule has 0 atom stereocenters. The summed E-state index contributed by atoms with van der Waals surface area (Å²) in [6.07, 6.45) is 0. The van der Waals surface area contributed by atoms with Crippen LogP contribution in [0, 0.1) is 33.5 Å². The molecule has 0 aliphatic heterocycles. The normalized spacial score (nSPS) is 11.2. The Morgan fingerprint density at radius 2 is 1.66 bits per heavy atom. The highest BCUT2D eigenvalue weighted by Gasteiger charge is 2.25. The smallest absolute Gasteiger partial charge is 0.281 e. The summed E-state index contributed by atoms with van der Waals surface area (Å²) in [6, 6.07) is 15.2. The minimum Gasteiger partial charge on any atom is -0.497 e. The Hall–Kier alpha value is -4.31. The topological polar surface area (TPSA) is 107 Å². The molecule has 0 unspecified atom stereocenters. The molecule has 0 bridgehead atoms. The highest BCUT2D eigenvalue weighted by Crippen LogP contribution is 2.33. The maximum Gasteiger partial charge on any atom is 0.281 e. The van der Waals surface area contributed by atoms with E-state index in [0.717, 1.165) is 16.7 Å². The van der Waals surface area contributed by atoms with Crippen LogP contribution in [0.3, 0.4) is 0 Å².